The molecule has 0 spiro atoms. The predicted molar refractivity (Wildman–Crippen MR) is 194 cm³/mol. The van der Waals surface area contributed by atoms with Crippen LogP contribution in [0.1, 0.15) is 109 Å². The summed E-state index contributed by atoms with van der Waals surface area (Å²) in [4.78, 5) is 0. The van der Waals surface area contributed by atoms with E-state index in [1.165, 1.54) is 55.7 Å². The molecule has 0 nitrogen and oxygen atoms in total. The molecule has 0 bridgehead atoms. The predicted octanol–water partition coefficient (Wildman–Crippen LogP) is 5.66. The van der Waals surface area contributed by atoms with E-state index in [-0.39, 0.29) is 35.6 Å². The van der Waals surface area contributed by atoms with Crippen molar-refractivity contribution in [2.24, 2.45) is 0 Å². The average molecular weight is 747 g/mol. The third kappa shape index (κ3) is 5.69. The molecule has 0 N–H and O–H groups in total. The van der Waals surface area contributed by atoms with Crippen molar-refractivity contribution in [3.63, 3.8) is 0 Å². The van der Waals surface area contributed by atoms with Crippen LogP contribution in [0, 0.1) is 0 Å². The van der Waals surface area contributed by atoms with Crippen LogP contribution in [-0.2, 0) is 32.1 Å². The first-order chi connectivity index (χ1) is 22.1. The number of halogens is 2. The minimum atomic E-state index is -2.76. The van der Waals surface area contributed by atoms with Gasteiger partial charge in [0.25, 0.3) is 0 Å². The van der Waals surface area contributed by atoms with Crippen molar-refractivity contribution in [3.05, 3.63) is 163 Å². The number of benzene rings is 4. The fourth-order valence-corrected chi connectivity index (χ4v) is 17.5. The molecule has 4 aliphatic carbocycles. The molecule has 0 aromatic heterocycles. The Kier molecular flexibility index (Phi) is 9.58. The zero-order chi connectivity index (χ0) is 31.8. The molecule has 0 unspecified atom stereocenters. The van der Waals surface area contributed by atoms with Crippen molar-refractivity contribution in [2.45, 2.75) is 75.3 Å². The Balaban J connectivity index is 0.00000201. The van der Waals surface area contributed by atoms with Gasteiger partial charge in [0.2, 0.25) is 0 Å². The monoisotopic (exact) mass is 744 g/mol. The molecule has 4 aromatic rings. The molecule has 0 saturated heterocycles. The molecule has 242 valence electrons. The summed E-state index contributed by atoms with van der Waals surface area (Å²) in [6.07, 6.45) is 15.4. The van der Waals surface area contributed by atoms with Gasteiger partial charge >= 0.3 is 285 Å². The molecule has 0 aliphatic heterocycles. The number of rotatable bonds is 4. The minimum absolute atomic E-state index is 0. The van der Waals surface area contributed by atoms with Crippen molar-refractivity contribution in [1.29, 1.82) is 0 Å². The van der Waals surface area contributed by atoms with E-state index < -0.39 is 21.3 Å². The molecule has 0 radical (unpaired) electrons. The van der Waals surface area contributed by atoms with Crippen molar-refractivity contribution in [1.82, 2.24) is 0 Å². The third-order valence-corrected chi connectivity index (χ3v) is 19.5. The Morgan fingerprint density at radius 2 is 1.08 bits per heavy atom. The Labute approximate surface area is 307 Å². The van der Waals surface area contributed by atoms with Crippen LogP contribution < -0.4 is 24.8 Å². The summed E-state index contributed by atoms with van der Waals surface area (Å²) >= 11 is -2.76. The number of allylic oxidation sites excluding steroid dienone is 8. The maximum absolute atomic E-state index is 2.76. The fourth-order valence-electron chi connectivity index (χ4n) is 8.51. The fraction of sp³-hybridized carbons (Fsp3) is 0.267. The van der Waals surface area contributed by atoms with E-state index >= 15 is 0 Å². The normalized spacial score (nSPS) is 17.6. The summed E-state index contributed by atoms with van der Waals surface area (Å²) in [7, 11) is 0. The van der Waals surface area contributed by atoms with Gasteiger partial charge in [-0.25, -0.2) is 0 Å². The minimum Gasteiger partial charge on any atom is -1.00 e. The van der Waals surface area contributed by atoms with E-state index in [4.69, 9.17) is 0 Å². The zero-order valence-corrected chi connectivity index (χ0v) is 32.9. The van der Waals surface area contributed by atoms with Crippen LogP contribution in [0.25, 0.3) is 22.3 Å². The Morgan fingerprint density at radius 1 is 0.625 bits per heavy atom. The SMILES string of the molecule is CC1=CCC(C)(C)c2cc3c(cc21)-c1cc2c(cc1[CH]3[Zr+2]([C]1=CC=CC1)=[C](c1ccccc1)c1ccccc1)C(C)(C)CC=C2C.[Cl-].[Cl-]. The first-order valence-electron chi connectivity index (χ1n) is 17.1. The number of hydrogen-bond donors (Lipinski definition) is 0. The summed E-state index contributed by atoms with van der Waals surface area (Å²) < 4.78 is 3.74. The molecule has 0 amide bonds. The summed E-state index contributed by atoms with van der Waals surface area (Å²) in [6.45, 7) is 14.4. The van der Waals surface area contributed by atoms with E-state index in [1.54, 1.807) is 17.6 Å². The molecule has 0 saturated carbocycles. The molecule has 4 aromatic carbocycles. The zero-order valence-electron chi connectivity index (χ0n) is 28.9. The number of hydrogen-bond acceptors (Lipinski definition) is 0. The van der Waals surface area contributed by atoms with Crippen LogP contribution in [0.15, 0.2) is 119 Å². The molecule has 3 heteroatoms. The Morgan fingerprint density at radius 3 is 1.50 bits per heavy atom. The molecule has 0 fully saturated rings. The van der Waals surface area contributed by atoms with Crippen molar-refractivity contribution >= 4 is 14.4 Å². The van der Waals surface area contributed by atoms with Gasteiger partial charge in [-0.3, -0.25) is 0 Å². The van der Waals surface area contributed by atoms with Gasteiger partial charge in [-0.2, -0.15) is 0 Å². The van der Waals surface area contributed by atoms with Gasteiger partial charge in [-0.1, -0.05) is 0 Å². The van der Waals surface area contributed by atoms with Crippen molar-refractivity contribution in [3.8, 4) is 11.1 Å². The third-order valence-electron chi connectivity index (χ3n) is 11.2. The summed E-state index contributed by atoms with van der Waals surface area (Å²) in [6, 6.07) is 33.3. The number of fused-ring (bicyclic) bond motifs is 5. The largest absolute Gasteiger partial charge is 1.00 e. The molecule has 48 heavy (non-hydrogen) atoms. The van der Waals surface area contributed by atoms with Crippen LogP contribution in [0.4, 0.5) is 0 Å². The van der Waals surface area contributed by atoms with Crippen LogP contribution in [0.2, 0.25) is 0 Å². The van der Waals surface area contributed by atoms with E-state index in [2.05, 4.69) is 157 Å². The van der Waals surface area contributed by atoms with E-state index in [9.17, 15) is 0 Å². The van der Waals surface area contributed by atoms with Gasteiger partial charge in [0, 0.05) is 0 Å². The molecule has 0 heterocycles. The first kappa shape index (κ1) is 35.0. The van der Waals surface area contributed by atoms with Crippen LogP contribution in [0.5, 0.6) is 0 Å². The second-order valence-corrected chi connectivity index (χ2v) is 21.5. The smallest absolute Gasteiger partial charge is 1.00 e. The van der Waals surface area contributed by atoms with E-state index in [0.29, 0.717) is 3.63 Å². The van der Waals surface area contributed by atoms with Gasteiger partial charge in [0.05, 0.1) is 0 Å². The second-order valence-electron chi connectivity index (χ2n) is 15.2. The topological polar surface area (TPSA) is 0 Å². The van der Waals surface area contributed by atoms with E-state index in [1.807, 2.05) is 0 Å². The molecule has 4 aliphatic rings. The van der Waals surface area contributed by atoms with Gasteiger partial charge in [0.15, 0.2) is 0 Å². The van der Waals surface area contributed by atoms with Gasteiger partial charge < -0.3 is 24.8 Å². The van der Waals surface area contributed by atoms with Gasteiger partial charge in [-0.05, 0) is 0 Å². The quantitative estimate of drug-likeness (QED) is 0.253. The first-order valence-corrected chi connectivity index (χ1v) is 20.9. The van der Waals surface area contributed by atoms with Crippen molar-refractivity contribution < 1.29 is 46.1 Å². The summed E-state index contributed by atoms with van der Waals surface area (Å²) in [5, 5.41) is 0. The van der Waals surface area contributed by atoms with Crippen LogP contribution in [0.3, 0.4) is 0 Å². The molecular formula is C45H44Cl2Zr. The average Bonchev–Trinajstić information content (AvgIpc) is 3.70. The molecule has 0 atom stereocenters. The van der Waals surface area contributed by atoms with Crippen LogP contribution >= 0.6 is 0 Å². The molecule has 8 rings (SSSR count). The maximum Gasteiger partial charge on any atom is -1.00 e. The summed E-state index contributed by atoms with van der Waals surface area (Å²) in [5.41, 5.74) is 18.0. The van der Waals surface area contributed by atoms with Crippen molar-refractivity contribution in [2.75, 3.05) is 0 Å². The van der Waals surface area contributed by atoms with E-state index in [0.717, 1.165) is 19.3 Å². The summed E-state index contributed by atoms with van der Waals surface area (Å²) in [5.74, 6) is 0. The Bertz CT molecular complexity index is 1940. The van der Waals surface area contributed by atoms with Gasteiger partial charge in [-0.15, -0.1) is 0 Å². The molecular weight excluding hydrogens is 703 g/mol. The van der Waals surface area contributed by atoms with Crippen LogP contribution in [-0.4, -0.2) is 3.21 Å². The maximum atomic E-state index is 2.69. The Hall–Kier alpha value is -2.83. The standard InChI is InChI=1S/C27H29.C13H10.C5H5.2ClH.Zr/c1-16-7-9-26(3,4)24-12-18-11-19-13-25-21(17(2)8-10-27(25,5)6)15-23(19)22(18)14-20(16)24;1-3-7-12(8-4-1)11-13-9-5-2-6-10-13;1-2-4-5-3-1;;;/h7-8,11-15H,9-10H2,1-6H3;1-10H;1-3H,4H2;2*1H;/q;;;;;+2/p-2. The second kappa shape index (κ2) is 13.1. The van der Waals surface area contributed by atoms with Gasteiger partial charge in [0.1, 0.15) is 0 Å².